The van der Waals surface area contributed by atoms with Crippen molar-refractivity contribution in [2.45, 2.75) is 32.2 Å². The molecule has 0 saturated carbocycles. The maximum absolute atomic E-state index is 14.1. The number of ketones is 1. The smallest absolute Gasteiger partial charge is 0.300 e. The van der Waals surface area contributed by atoms with Crippen LogP contribution in [0.15, 0.2) is 72.3 Å². The van der Waals surface area contributed by atoms with Gasteiger partial charge >= 0.3 is 0 Å². The molecule has 0 aromatic heterocycles. The molecule has 0 bridgehead atoms. The molecule has 1 amide bonds. The zero-order valence-corrected chi connectivity index (χ0v) is 20.8. The molecule has 1 atom stereocenters. The summed E-state index contributed by atoms with van der Waals surface area (Å²) < 4.78 is 24.7. The van der Waals surface area contributed by atoms with E-state index in [0.29, 0.717) is 17.0 Å². The minimum Gasteiger partial charge on any atom is -0.507 e. The first-order valence-corrected chi connectivity index (χ1v) is 11.5. The van der Waals surface area contributed by atoms with Crippen molar-refractivity contribution in [3.05, 3.63) is 94.8 Å². The SMILES string of the molecule is COc1ccc(C2/C(=C(\O)c3cc(F)ccc3OC)C(=O)C(=O)N2c2ccc(C(C)(C)C)cc2)cc1. The molecular weight excluding hydrogens is 461 g/mol. The first kappa shape index (κ1) is 25.0. The van der Waals surface area contributed by atoms with Crippen LogP contribution in [-0.2, 0) is 15.0 Å². The number of amides is 1. The summed E-state index contributed by atoms with van der Waals surface area (Å²) in [7, 11) is 2.91. The number of methoxy groups -OCH3 is 2. The summed E-state index contributed by atoms with van der Waals surface area (Å²) in [4.78, 5) is 28.1. The zero-order chi connectivity index (χ0) is 26.2. The van der Waals surface area contributed by atoms with E-state index < -0.39 is 29.3 Å². The van der Waals surface area contributed by atoms with Gasteiger partial charge in [-0.05, 0) is 59.0 Å². The van der Waals surface area contributed by atoms with E-state index in [0.717, 1.165) is 11.6 Å². The van der Waals surface area contributed by atoms with Gasteiger partial charge in [0.1, 0.15) is 23.1 Å². The number of aliphatic hydroxyl groups is 1. The number of Topliss-reactive ketones (excluding diaryl/α,β-unsaturated/α-hetero) is 1. The average molecular weight is 490 g/mol. The quantitative estimate of drug-likeness (QED) is 0.280. The van der Waals surface area contributed by atoms with Crippen LogP contribution in [-0.4, -0.2) is 31.0 Å². The number of carbonyl (C=O) groups is 2. The van der Waals surface area contributed by atoms with Gasteiger partial charge in [0.25, 0.3) is 11.7 Å². The Morgan fingerprint density at radius 3 is 2.11 bits per heavy atom. The summed E-state index contributed by atoms with van der Waals surface area (Å²) in [6.45, 7) is 6.24. The van der Waals surface area contributed by atoms with Crippen LogP contribution < -0.4 is 14.4 Å². The lowest BCUT2D eigenvalue weighted by Gasteiger charge is -2.27. The van der Waals surface area contributed by atoms with Gasteiger partial charge in [0, 0.05) is 5.69 Å². The fraction of sp³-hybridized carbons (Fsp3) is 0.241. The van der Waals surface area contributed by atoms with Gasteiger partial charge in [-0.2, -0.15) is 0 Å². The summed E-state index contributed by atoms with van der Waals surface area (Å²) in [5, 5.41) is 11.3. The van der Waals surface area contributed by atoms with Gasteiger partial charge in [-0.15, -0.1) is 0 Å². The lowest BCUT2D eigenvalue weighted by molar-refractivity contribution is -0.132. The van der Waals surface area contributed by atoms with E-state index in [4.69, 9.17) is 9.47 Å². The first-order chi connectivity index (χ1) is 17.1. The summed E-state index contributed by atoms with van der Waals surface area (Å²) in [6.07, 6.45) is 0. The molecule has 1 aliphatic rings. The van der Waals surface area contributed by atoms with Gasteiger partial charge in [-0.1, -0.05) is 45.0 Å². The molecule has 0 spiro atoms. The van der Waals surface area contributed by atoms with E-state index >= 15 is 0 Å². The van der Waals surface area contributed by atoms with E-state index in [1.165, 1.54) is 31.3 Å². The van der Waals surface area contributed by atoms with Crippen LogP contribution in [0.25, 0.3) is 5.76 Å². The van der Waals surface area contributed by atoms with Gasteiger partial charge in [-0.3, -0.25) is 14.5 Å². The van der Waals surface area contributed by atoms with Gasteiger partial charge in [0.15, 0.2) is 0 Å². The van der Waals surface area contributed by atoms with Crippen LogP contribution in [0.1, 0.15) is 43.5 Å². The van der Waals surface area contributed by atoms with Crippen LogP contribution in [0.3, 0.4) is 0 Å². The van der Waals surface area contributed by atoms with Crippen LogP contribution in [0, 0.1) is 5.82 Å². The maximum Gasteiger partial charge on any atom is 0.300 e. The topological polar surface area (TPSA) is 76.1 Å². The Kier molecular flexibility index (Phi) is 6.59. The molecule has 0 radical (unpaired) electrons. The van der Waals surface area contributed by atoms with Crippen molar-refractivity contribution in [1.82, 2.24) is 0 Å². The van der Waals surface area contributed by atoms with E-state index in [2.05, 4.69) is 20.8 Å². The first-order valence-electron chi connectivity index (χ1n) is 11.5. The normalized spacial score (nSPS) is 17.4. The number of ether oxygens (including phenoxy) is 2. The molecule has 186 valence electrons. The van der Waals surface area contributed by atoms with Crippen molar-refractivity contribution in [2.24, 2.45) is 0 Å². The highest BCUT2D eigenvalue weighted by Gasteiger charge is 2.47. The van der Waals surface area contributed by atoms with Crippen molar-refractivity contribution >= 4 is 23.1 Å². The van der Waals surface area contributed by atoms with Gasteiger partial charge in [0.2, 0.25) is 0 Å². The molecule has 3 aromatic rings. The van der Waals surface area contributed by atoms with Crippen molar-refractivity contribution in [2.75, 3.05) is 19.1 Å². The molecule has 1 heterocycles. The molecule has 1 saturated heterocycles. The standard InChI is InChI=1S/C29H28FNO5/c1-29(2,3)18-8-11-20(12-9-18)31-25(17-6-13-21(35-4)14-7-17)24(27(33)28(31)34)26(32)22-16-19(30)10-15-23(22)36-5/h6-16,25,32H,1-5H3/b26-24+. The summed E-state index contributed by atoms with van der Waals surface area (Å²) in [5.74, 6) is -2.04. The number of hydrogen-bond acceptors (Lipinski definition) is 5. The molecule has 6 nitrogen and oxygen atoms in total. The third kappa shape index (κ3) is 4.44. The monoisotopic (exact) mass is 489 g/mol. The minimum atomic E-state index is -0.954. The van der Waals surface area contributed by atoms with E-state index in [1.54, 1.807) is 36.4 Å². The highest BCUT2D eigenvalue weighted by Crippen LogP contribution is 2.44. The molecule has 7 heteroatoms. The Bertz CT molecular complexity index is 1340. The predicted octanol–water partition coefficient (Wildman–Crippen LogP) is 5.77. The fourth-order valence-electron chi connectivity index (χ4n) is 4.33. The third-order valence-corrected chi connectivity index (χ3v) is 6.30. The van der Waals surface area contributed by atoms with Crippen LogP contribution in [0.2, 0.25) is 0 Å². The van der Waals surface area contributed by atoms with Crippen LogP contribution in [0.5, 0.6) is 11.5 Å². The molecule has 0 aliphatic carbocycles. The number of hydrogen-bond donors (Lipinski definition) is 1. The number of nitrogens with zero attached hydrogens (tertiary/aromatic N) is 1. The predicted molar refractivity (Wildman–Crippen MR) is 136 cm³/mol. The lowest BCUT2D eigenvalue weighted by Crippen LogP contribution is -2.29. The molecule has 1 fully saturated rings. The lowest BCUT2D eigenvalue weighted by atomic mass is 9.87. The van der Waals surface area contributed by atoms with Gasteiger partial charge in [-0.25, -0.2) is 4.39 Å². The van der Waals surface area contributed by atoms with E-state index in [9.17, 15) is 19.1 Å². The number of aliphatic hydroxyl groups excluding tert-OH is 1. The number of anilines is 1. The fourth-order valence-corrected chi connectivity index (χ4v) is 4.33. The molecule has 1 N–H and O–H groups in total. The number of benzene rings is 3. The molecular formula is C29H28FNO5. The average Bonchev–Trinajstić information content (AvgIpc) is 3.13. The second kappa shape index (κ2) is 9.49. The van der Waals surface area contributed by atoms with Crippen molar-refractivity contribution in [3.63, 3.8) is 0 Å². The number of carbonyl (C=O) groups excluding carboxylic acids is 2. The van der Waals surface area contributed by atoms with Gasteiger partial charge in [0.05, 0.1) is 31.4 Å². The Balaban J connectivity index is 1.94. The number of rotatable bonds is 5. The Morgan fingerprint density at radius 2 is 1.56 bits per heavy atom. The second-order valence-corrected chi connectivity index (χ2v) is 9.58. The minimum absolute atomic E-state index is 0.0166. The van der Waals surface area contributed by atoms with E-state index in [-0.39, 0.29) is 22.3 Å². The summed E-state index contributed by atoms with van der Waals surface area (Å²) in [5.41, 5.74) is 1.86. The van der Waals surface area contributed by atoms with Crippen LogP contribution >= 0.6 is 0 Å². The maximum atomic E-state index is 14.1. The third-order valence-electron chi connectivity index (χ3n) is 6.30. The van der Waals surface area contributed by atoms with Gasteiger partial charge < -0.3 is 14.6 Å². The molecule has 3 aromatic carbocycles. The van der Waals surface area contributed by atoms with Crippen molar-refractivity contribution in [1.29, 1.82) is 0 Å². The largest absolute Gasteiger partial charge is 0.507 e. The highest BCUT2D eigenvalue weighted by atomic mass is 19.1. The number of halogens is 1. The Morgan fingerprint density at radius 1 is 0.917 bits per heavy atom. The molecule has 36 heavy (non-hydrogen) atoms. The van der Waals surface area contributed by atoms with Crippen LogP contribution in [0.4, 0.5) is 10.1 Å². The molecule has 4 rings (SSSR count). The second-order valence-electron chi connectivity index (χ2n) is 9.58. The molecule has 1 aliphatic heterocycles. The Hall–Kier alpha value is -4.13. The van der Waals surface area contributed by atoms with Crippen molar-refractivity contribution in [3.8, 4) is 11.5 Å². The summed E-state index contributed by atoms with van der Waals surface area (Å²) >= 11 is 0. The zero-order valence-electron chi connectivity index (χ0n) is 20.8. The summed E-state index contributed by atoms with van der Waals surface area (Å²) in [6, 6.07) is 16.9. The highest BCUT2D eigenvalue weighted by molar-refractivity contribution is 6.51. The van der Waals surface area contributed by atoms with E-state index in [1.807, 2.05) is 12.1 Å². The van der Waals surface area contributed by atoms with Crippen molar-refractivity contribution < 1.29 is 28.6 Å². The molecule has 1 unspecified atom stereocenters. The Labute approximate surface area is 209 Å².